The predicted octanol–water partition coefficient (Wildman–Crippen LogP) is 4.01. The van der Waals surface area contributed by atoms with Crippen molar-refractivity contribution in [2.24, 2.45) is 7.05 Å². The van der Waals surface area contributed by atoms with Crippen LogP contribution in [0.15, 0.2) is 35.6 Å². The van der Waals surface area contributed by atoms with Crippen LogP contribution in [-0.2, 0) is 24.1 Å². The first kappa shape index (κ1) is 22.1. The lowest BCUT2D eigenvalue weighted by Gasteiger charge is -2.14. The highest BCUT2D eigenvalue weighted by molar-refractivity contribution is 7.98. The van der Waals surface area contributed by atoms with Gasteiger partial charge >= 0.3 is 0 Å². The van der Waals surface area contributed by atoms with Gasteiger partial charge in [0.15, 0.2) is 15.8 Å². The third-order valence-corrected chi connectivity index (χ3v) is 6.98. The molecule has 0 aliphatic carbocycles. The minimum absolute atomic E-state index is 0.160. The van der Waals surface area contributed by atoms with Crippen molar-refractivity contribution in [2.45, 2.75) is 50.2 Å². The molecular formula is C22H26N8OS2. The summed E-state index contributed by atoms with van der Waals surface area (Å²) in [7, 11) is 1.90. The second kappa shape index (κ2) is 9.24. The molecule has 172 valence electrons. The van der Waals surface area contributed by atoms with Gasteiger partial charge in [0.2, 0.25) is 0 Å². The van der Waals surface area contributed by atoms with E-state index in [0.717, 1.165) is 53.2 Å². The molecule has 0 amide bonds. The van der Waals surface area contributed by atoms with Crippen molar-refractivity contribution < 1.29 is 4.74 Å². The SMILES string of the molecule is Cc1ccc(C)c(-n2c(CSc3nnc(-c4ccn(C)n4)n3CC3CCCO3)n[nH]c2=S)c1. The van der Waals surface area contributed by atoms with Crippen LogP contribution < -0.4 is 0 Å². The zero-order chi connectivity index (χ0) is 22.9. The Morgan fingerprint density at radius 1 is 1.24 bits per heavy atom. The quantitative estimate of drug-likeness (QED) is 0.314. The third-order valence-electron chi connectivity index (χ3n) is 5.75. The Morgan fingerprint density at radius 2 is 2.12 bits per heavy atom. The summed E-state index contributed by atoms with van der Waals surface area (Å²) in [5.41, 5.74) is 4.16. The third kappa shape index (κ3) is 4.53. The summed E-state index contributed by atoms with van der Waals surface area (Å²) < 4.78 is 12.4. The standard InChI is InChI=1S/C22H26N8OS2/c1-14-6-7-15(2)18(11-14)30-19(23-25-21(30)32)13-33-22-26-24-20(17-8-9-28(3)27-17)29(22)12-16-5-4-10-31-16/h6-9,11,16H,4-5,10,12-13H2,1-3H3,(H,25,32). The summed E-state index contributed by atoms with van der Waals surface area (Å²) in [5.74, 6) is 2.18. The van der Waals surface area contributed by atoms with Crippen LogP contribution in [0.4, 0.5) is 0 Å². The topological polar surface area (TPSA) is 91.4 Å². The molecular weight excluding hydrogens is 456 g/mol. The highest BCUT2D eigenvalue weighted by Crippen LogP contribution is 2.28. The highest BCUT2D eigenvalue weighted by Gasteiger charge is 2.23. The Kier molecular flexibility index (Phi) is 6.17. The largest absolute Gasteiger partial charge is 0.376 e. The van der Waals surface area contributed by atoms with E-state index >= 15 is 0 Å². The summed E-state index contributed by atoms with van der Waals surface area (Å²) in [6.45, 7) is 5.66. The Labute approximate surface area is 201 Å². The van der Waals surface area contributed by atoms with Crippen LogP contribution in [-0.4, -0.2) is 52.0 Å². The van der Waals surface area contributed by atoms with Gasteiger partial charge in [-0.15, -0.1) is 10.2 Å². The van der Waals surface area contributed by atoms with E-state index in [2.05, 4.69) is 62.1 Å². The average molecular weight is 483 g/mol. The second-order valence-electron chi connectivity index (χ2n) is 8.29. The molecule has 4 heterocycles. The Balaban J connectivity index is 1.45. The van der Waals surface area contributed by atoms with Crippen LogP contribution >= 0.6 is 24.0 Å². The molecule has 33 heavy (non-hydrogen) atoms. The van der Waals surface area contributed by atoms with E-state index in [1.807, 2.05) is 23.9 Å². The van der Waals surface area contributed by atoms with Crippen molar-refractivity contribution in [2.75, 3.05) is 6.61 Å². The zero-order valence-electron chi connectivity index (χ0n) is 18.9. The van der Waals surface area contributed by atoms with Gasteiger partial charge in [0.05, 0.1) is 24.1 Å². The number of H-pyrrole nitrogens is 1. The number of aryl methyl sites for hydroxylation is 3. The number of hydrogen-bond donors (Lipinski definition) is 1. The van der Waals surface area contributed by atoms with Gasteiger partial charge in [0.1, 0.15) is 11.5 Å². The summed E-state index contributed by atoms with van der Waals surface area (Å²) in [6.07, 6.45) is 4.19. The van der Waals surface area contributed by atoms with E-state index < -0.39 is 0 Å². The molecule has 4 aromatic rings. The Morgan fingerprint density at radius 3 is 2.88 bits per heavy atom. The molecule has 11 heteroatoms. The normalized spacial score (nSPS) is 16.0. The first-order chi connectivity index (χ1) is 16.0. The van der Waals surface area contributed by atoms with Gasteiger partial charge in [0, 0.05) is 19.9 Å². The van der Waals surface area contributed by atoms with E-state index in [-0.39, 0.29) is 6.10 Å². The number of hydrogen-bond acceptors (Lipinski definition) is 7. The molecule has 1 aromatic carbocycles. The molecule has 0 radical (unpaired) electrons. The van der Waals surface area contributed by atoms with Crippen LogP contribution in [0.1, 0.15) is 29.8 Å². The minimum atomic E-state index is 0.160. The highest BCUT2D eigenvalue weighted by atomic mass is 32.2. The van der Waals surface area contributed by atoms with Gasteiger partial charge in [-0.1, -0.05) is 23.9 Å². The molecule has 0 saturated carbocycles. The summed E-state index contributed by atoms with van der Waals surface area (Å²) in [6, 6.07) is 8.29. The molecule has 0 spiro atoms. The monoisotopic (exact) mass is 482 g/mol. The van der Waals surface area contributed by atoms with Gasteiger partial charge in [-0.3, -0.25) is 18.9 Å². The maximum atomic E-state index is 5.90. The average Bonchev–Trinajstić information content (AvgIpc) is 3.58. The van der Waals surface area contributed by atoms with Gasteiger partial charge in [-0.25, -0.2) is 0 Å². The van der Waals surface area contributed by atoms with Crippen molar-refractivity contribution in [3.05, 3.63) is 52.2 Å². The van der Waals surface area contributed by atoms with E-state index in [4.69, 9.17) is 17.0 Å². The molecule has 5 rings (SSSR count). The van der Waals surface area contributed by atoms with E-state index in [1.54, 1.807) is 16.4 Å². The summed E-state index contributed by atoms with van der Waals surface area (Å²) in [5, 5.41) is 21.8. The molecule has 0 bridgehead atoms. The Bertz CT molecular complexity index is 1330. The van der Waals surface area contributed by atoms with Crippen molar-refractivity contribution in [1.82, 2.24) is 39.3 Å². The molecule has 3 aromatic heterocycles. The number of rotatable bonds is 7. The fourth-order valence-corrected chi connectivity index (χ4v) is 5.16. The number of benzene rings is 1. The van der Waals surface area contributed by atoms with Crippen molar-refractivity contribution in [3.8, 4) is 17.2 Å². The fraction of sp³-hybridized carbons (Fsp3) is 0.409. The number of nitrogens with zero attached hydrogens (tertiary/aromatic N) is 7. The maximum Gasteiger partial charge on any atom is 0.199 e. The van der Waals surface area contributed by atoms with Crippen LogP contribution in [0.5, 0.6) is 0 Å². The van der Waals surface area contributed by atoms with Crippen molar-refractivity contribution in [3.63, 3.8) is 0 Å². The van der Waals surface area contributed by atoms with Gasteiger partial charge in [-0.05, 0) is 62.2 Å². The number of aromatic amines is 1. The smallest absolute Gasteiger partial charge is 0.199 e. The van der Waals surface area contributed by atoms with Crippen LogP contribution in [0.3, 0.4) is 0 Å². The van der Waals surface area contributed by atoms with Crippen LogP contribution in [0.2, 0.25) is 0 Å². The van der Waals surface area contributed by atoms with Gasteiger partial charge in [-0.2, -0.15) is 10.2 Å². The molecule has 1 saturated heterocycles. The summed E-state index contributed by atoms with van der Waals surface area (Å²) in [4.78, 5) is 0. The zero-order valence-corrected chi connectivity index (χ0v) is 20.5. The molecule has 1 aliphatic rings. The molecule has 1 aliphatic heterocycles. The molecule has 1 unspecified atom stereocenters. The lowest BCUT2D eigenvalue weighted by atomic mass is 10.1. The molecule has 1 N–H and O–H groups in total. The van der Waals surface area contributed by atoms with Crippen LogP contribution in [0.25, 0.3) is 17.2 Å². The molecule has 9 nitrogen and oxygen atoms in total. The second-order valence-corrected chi connectivity index (χ2v) is 9.61. The number of thioether (sulfide) groups is 1. The molecule has 1 fully saturated rings. The lowest BCUT2D eigenvalue weighted by Crippen LogP contribution is -2.17. The molecule has 1 atom stereocenters. The Hall–Kier alpha value is -2.76. The summed E-state index contributed by atoms with van der Waals surface area (Å²) >= 11 is 7.14. The predicted molar refractivity (Wildman–Crippen MR) is 129 cm³/mol. The van der Waals surface area contributed by atoms with Gasteiger partial charge in [0.25, 0.3) is 0 Å². The maximum absolute atomic E-state index is 5.90. The number of aromatic nitrogens is 8. The number of ether oxygens (including phenoxy) is 1. The van der Waals surface area contributed by atoms with Crippen LogP contribution in [0, 0.1) is 18.6 Å². The van der Waals surface area contributed by atoms with E-state index in [9.17, 15) is 0 Å². The van der Waals surface area contributed by atoms with Crippen molar-refractivity contribution in [1.29, 1.82) is 0 Å². The van der Waals surface area contributed by atoms with Crippen molar-refractivity contribution >= 4 is 24.0 Å². The first-order valence-electron chi connectivity index (χ1n) is 10.9. The van der Waals surface area contributed by atoms with E-state index in [0.29, 0.717) is 17.1 Å². The van der Waals surface area contributed by atoms with Gasteiger partial charge < -0.3 is 4.74 Å². The lowest BCUT2D eigenvalue weighted by molar-refractivity contribution is 0.0953. The number of nitrogens with one attached hydrogen (secondary N) is 1. The fourth-order valence-electron chi connectivity index (χ4n) is 4.04. The van der Waals surface area contributed by atoms with E-state index in [1.165, 1.54) is 5.56 Å². The minimum Gasteiger partial charge on any atom is -0.376 e. The first-order valence-corrected chi connectivity index (χ1v) is 12.3.